The molecule has 0 spiro atoms. The van der Waals surface area contributed by atoms with Gasteiger partial charge >= 0.3 is 12.5 Å². The lowest BCUT2D eigenvalue weighted by atomic mass is 10.2. The zero-order valence-corrected chi connectivity index (χ0v) is 8.23. The van der Waals surface area contributed by atoms with Crippen LogP contribution in [-0.2, 0) is 12.9 Å². The predicted octanol–water partition coefficient (Wildman–Crippen LogP) is 3.17. The molecule has 0 saturated heterocycles. The van der Waals surface area contributed by atoms with Crippen LogP contribution in [0.2, 0.25) is 0 Å². The van der Waals surface area contributed by atoms with Gasteiger partial charge in [-0.2, -0.15) is 13.2 Å². The van der Waals surface area contributed by atoms with Crippen molar-refractivity contribution in [2.24, 2.45) is 0 Å². The summed E-state index contributed by atoms with van der Waals surface area (Å²) in [6, 6.07) is 0. The van der Waals surface area contributed by atoms with E-state index in [1.165, 1.54) is 0 Å². The smallest absolute Gasteiger partial charge is 0.505 e. The standard InChI is InChI=1S/C8H4F7NO2/c9-1-3-4(18-8(13,14)15)2-16-6(5(3)17)7(10,11)12/h2,17H,1H2. The third-order valence-corrected chi connectivity index (χ3v) is 1.75. The van der Waals surface area contributed by atoms with Crippen molar-refractivity contribution < 1.29 is 40.6 Å². The first-order valence-electron chi connectivity index (χ1n) is 4.16. The number of rotatable bonds is 2. The molecule has 0 radical (unpaired) electrons. The van der Waals surface area contributed by atoms with Crippen molar-refractivity contribution in [3.8, 4) is 11.5 Å². The maximum absolute atomic E-state index is 12.4. The zero-order valence-electron chi connectivity index (χ0n) is 8.23. The second kappa shape index (κ2) is 4.50. The summed E-state index contributed by atoms with van der Waals surface area (Å²) < 4.78 is 87.9. The van der Waals surface area contributed by atoms with Gasteiger partial charge in [-0.3, -0.25) is 0 Å². The van der Waals surface area contributed by atoms with Crippen molar-refractivity contribution in [3.63, 3.8) is 0 Å². The number of alkyl halides is 7. The maximum atomic E-state index is 12.4. The van der Waals surface area contributed by atoms with E-state index in [2.05, 4.69) is 9.72 Å². The van der Waals surface area contributed by atoms with E-state index in [9.17, 15) is 30.7 Å². The lowest BCUT2D eigenvalue weighted by molar-refractivity contribution is -0.275. The number of ether oxygens (including phenoxy) is 1. The molecule has 0 bridgehead atoms. The Morgan fingerprint density at radius 2 is 1.72 bits per heavy atom. The first-order chi connectivity index (χ1) is 8.06. The Kier molecular flexibility index (Phi) is 3.58. The second-order valence-electron chi connectivity index (χ2n) is 2.98. The molecule has 1 rings (SSSR count). The molecule has 18 heavy (non-hydrogen) atoms. The summed E-state index contributed by atoms with van der Waals surface area (Å²) >= 11 is 0. The SMILES string of the molecule is Oc1c(C(F)(F)F)ncc(OC(F)(F)F)c1CF. The van der Waals surface area contributed by atoms with Crippen LogP contribution in [0.5, 0.6) is 11.5 Å². The summed E-state index contributed by atoms with van der Waals surface area (Å²) in [6.07, 6.45) is -10.3. The fourth-order valence-corrected chi connectivity index (χ4v) is 1.07. The van der Waals surface area contributed by atoms with Crippen LogP contribution in [0.1, 0.15) is 11.3 Å². The Hall–Kier alpha value is -1.74. The van der Waals surface area contributed by atoms with Crippen LogP contribution in [0.3, 0.4) is 0 Å². The Bertz CT molecular complexity index is 440. The maximum Gasteiger partial charge on any atom is 0.573 e. The van der Waals surface area contributed by atoms with Crippen LogP contribution in [-0.4, -0.2) is 16.5 Å². The minimum atomic E-state index is -5.24. The second-order valence-corrected chi connectivity index (χ2v) is 2.98. The molecule has 102 valence electrons. The summed E-state index contributed by atoms with van der Waals surface area (Å²) in [5, 5.41) is 9.03. The highest BCUT2D eigenvalue weighted by molar-refractivity contribution is 5.45. The fraction of sp³-hybridized carbons (Fsp3) is 0.375. The molecule has 1 aromatic rings. The Labute approximate surface area is 94.8 Å². The van der Waals surface area contributed by atoms with E-state index in [1.807, 2.05) is 0 Å². The van der Waals surface area contributed by atoms with Crippen LogP contribution in [0.4, 0.5) is 30.7 Å². The average Bonchev–Trinajstić information content (AvgIpc) is 2.13. The monoisotopic (exact) mass is 279 g/mol. The molecule has 0 aliphatic rings. The molecule has 0 atom stereocenters. The van der Waals surface area contributed by atoms with Gasteiger partial charge in [0, 0.05) is 0 Å². The van der Waals surface area contributed by atoms with Gasteiger partial charge in [0.2, 0.25) is 0 Å². The topological polar surface area (TPSA) is 42.4 Å². The van der Waals surface area contributed by atoms with Gasteiger partial charge in [-0.15, -0.1) is 13.2 Å². The van der Waals surface area contributed by atoms with Gasteiger partial charge in [-0.05, 0) is 0 Å². The molecule has 1 heterocycles. The predicted molar refractivity (Wildman–Crippen MR) is 42.4 cm³/mol. The van der Waals surface area contributed by atoms with Gasteiger partial charge in [-0.1, -0.05) is 0 Å². The van der Waals surface area contributed by atoms with Gasteiger partial charge in [0.05, 0.1) is 11.8 Å². The number of aromatic hydroxyl groups is 1. The molecular weight excluding hydrogens is 275 g/mol. The van der Waals surface area contributed by atoms with E-state index >= 15 is 0 Å². The largest absolute Gasteiger partial charge is 0.573 e. The highest BCUT2D eigenvalue weighted by Crippen LogP contribution is 2.40. The molecule has 10 heteroatoms. The third kappa shape index (κ3) is 3.14. The highest BCUT2D eigenvalue weighted by atomic mass is 19.4. The van der Waals surface area contributed by atoms with Crippen molar-refractivity contribution >= 4 is 0 Å². The van der Waals surface area contributed by atoms with Gasteiger partial charge in [0.25, 0.3) is 0 Å². The van der Waals surface area contributed by atoms with E-state index in [0.717, 1.165) is 0 Å². The molecule has 0 aliphatic heterocycles. The Morgan fingerprint density at radius 1 is 1.17 bits per heavy atom. The molecule has 0 saturated carbocycles. The molecular formula is C8H4F7NO2. The van der Waals surface area contributed by atoms with E-state index in [1.54, 1.807) is 0 Å². The molecule has 0 fully saturated rings. The van der Waals surface area contributed by atoms with Crippen molar-refractivity contribution in [2.45, 2.75) is 19.2 Å². The summed E-state index contributed by atoms with van der Waals surface area (Å²) in [7, 11) is 0. The number of hydrogen-bond acceptors (Lipinski definition) is 3. The van der Waals surface area contributed by atoms with Crippen molar-refractivity contribution in [2.75, 3.05) is 0 Å². The van der Waals surface area contributed by atoms with Gasteiger partial charge < -0.3 is 9.84 Å². The first kappa shape index (κ1) is 14.3. The van der Waals surface area contributed by atoms with Crippen LogP contribution in [0.15, 0.2) is 6.20 Å². The molecule has 1 aromatic heterocycles. The van der Waals surface area contributed by atoms with Gasteiger partial charge in [0.1, 0.15) is 6.67 Å². The molecule has 0 amide bonds. The van der Waals surface area contributed by atoms with Crippen molar-refractivity contribution in [3.05, 3.63) is 17.5 Å². The summed E-state index contributed by atoms with van der Waals surface area (Å²) in [6.45, 7) is -1.77. The van der Waals surface area contributed by atoms with E-state index in [4.69, 9.17) is 5.11 Å². The molecule has 3 nitrogen and oxygen atoms in total. The highest BCUT2D eigenvalue weighted by Gasteiger charge is 2.39. The van der Waals surface area contributed by atoms with Gasteiger partial charge in [-0.25, -0.2) is 9.37 Å². The first-order valence-corrected chi connectivity index (χ1v) is 4.16. The van der Waals surface area contributed by atoms with E-state index in [-0.39, 0.29) is 6.20 Å². The van der Waals surface area contributed by atoms with Gasteiger partial charge in [0.15, 0.2) is 17.2 Å². The summed E-state index contributed by atoms with van der Waals surface area (Å²) in [5.74, 6) is -3.05. The minimum Gasteiger partial charge on any atom is -0.505 e. The number of aromatic nitrogens is 1. The van der Waals surface area contributed by atoms with Crippen LogP contribution in [0.25, 0.3) is 0 Å². The Morgan fingerprint density at radius 3 is 2.11 bits per heavy atom. The summed E-state index contributed by atoms with van der Waals surface area (Å²) in [4.78, 5) is 2.58. The lowest BCUT2D eigenvalue weighted by Crippen LogP contribution is -2.19. The summed E-state index contributed by atoms with van der Waals surface area (Å²) in [5.41, 5.74) is -3.15. The third-order valence-electron chi connectivity index (χ3n) is 1.75. The van der Waals surface area contributed by atoms with Crippen molar-refractivity contribution in [1.82, 2.24) is 4.98 Å². The lowest BCUT2D eigenvalue weighted by Gasteiger charge is -2.15. The zero-order chi connectivity index (χ0) is 14.1. The molecule has 0 aromatic carbocycles. The number of nitrogens with zero attached hydrogens (tertiary/aromatic N) is 1. The normalized spacial score (nSPS) is 12.6. The molecule has 1 N–H and O–H groups in total. The molecule has 0 aliphatic carbocycles. The number of halogens is 7. The Balaban J connectivity index is 3.30. The van der Waals surface area contributed by atoms with Crippen molar-refractivity contribution in [1.29, 1.82) is 0 Å². The average molecular weight is 279 g/mol. The quantitative estimate of drug-likeness (QED) is 0.845. The van der Waals surface area contributed by atoms with E-state index in [0.29, 0.717) is 0 Å². The van der Waals surface area contributed by atoms with E-state index < -0.39 is 42.0 Å². The number of pyridine rings is 1. The van der Waals surface area contributed by atoms with Crippen LogP contribution >= 0.6 is 0 Å². The minimum absolute atomic E-state index is 0.0466. The van der Waals surface area contributed by atoms with Crippen LogP contribution in [0, 0.1) is 0 Å². The van der Waals surface area contributed by atoms with Crippen LogP contribution < -0.4 is 4.74 Å². The molecule has 0 unspecified atom stereocenters. The number of hydrogen-bond donors (Lipinski definition) is 1. The fourth-order valence-electron chi connectivity index (χ4n) is 1.07.